The first-order valence-corrected chi connectivity index (χ1v) is 6.16. The number of hydrogen-bond acceptors (Lipinski definition) is 3. The predicted octanol–water partition coefficient (Wildman–Crippen LogP) is 2.89. The van der Waals surface area contributed by atoms with Gasteiger partial charge in [-0.15, -0.1) is 24.8 Å². The number of nitrogens with zero attached hydrogens (tertiary/aromatic N) is 3. The van der Waals surface area contributed by atoms with Crippen LogP contribution in [0.5, 0.6) is 0 Å². The molecule has 3 N–H and O–H groups in total. The van der Waals surface area contributed by atoms with E-state index in [9.17, 15) is 8.78 Å². The minimum Gasteiger partial charge on any atom is -0.382 e. The molecule has 0 unspecified atom stereocenters. The molecule has 1 aromatic carbocycles. The van der Waals surface area contributed by atoms with Gasteiger partial charge in [0, 0.05) is 5.56 Å². The minimum absolute atomic E-state index is 0. The lowest BCUT2D eigenvalue weighted by Crippen LogP contribution is -2.13. The predicted molar refractivity (Wildman–Crippen MR) is 88.5 cm³/mol. The number of nitrogen functional groups attached to an aromatic ring is 1. The summed E-state index contributed by atoms with van der Waals surface area (Å²) >= 11 is 0. The fourth-order valence-electron chi connectivity index (χ4n) is 2.13. The number of fused-ring (bicyclic) bond motifs is 1. The van der Waals surface area contributed by atoms with E-state index >= 15 is 0 Å². The fraction of sp³-hybridized carbons (Fsp3) is 0.0714. The van der Waals surface area contributed by atoms with Gasteiger partial charge in [-0.3, -0.25) is 5.41 Å². The van der Waals surface area contributed by atoms with Crippen LogP contribution in [-0.2, 0) is 6.54 Å². The van der Waals surface area contributed by atoms with Crippen molar-refractivity contribution in [3.05, 3.63) is 59.4 Å². The number of aromatic nitrogens is 3. The van der Waals surface area contributed by atoms with Crippen LogP contribution in [0, 0.1) is 17.0 Å². The highest BCUT2D eigenvalue weighted by Gasteiger charge is 2.15. The molecule has 5 nitrogen and oxygen atoms in total. The van der Waals surface area contributed by atoms with Crippen molar-refractivity contribution < 1.29 is 8.78 Å². The van der Waals surface area contributed by atoms with Crippen molar-refractivity contribution in [3.8, 4) is 0 Å². The lowest BCUT2D eigenvalue weighted by molar-refractivity contribution is 0.588. The van der Waals surface area contributed by atoms with Gasteiger partial charge in [0.05, 0.1) is 18.1 Å². The highest BCUT2D eigenvalue weighted by atomic mass is 35.5. The smallest absolute Gasteiger partial charge is 0.159 e. The molecule has 0 saturated carbocycles. The molecule has 0 aliphatic heterocycles. The van der Waals surface area contributed by atoms with Gasteiger partial charge in [0.15, 0.2) is 5.65 Å². The van der Waals surface area contributed by atoms with E-state index < -0.39 is 5.82 Å². The maximum atomic E-state index is 13.7. The number of hydrogen-bond donors (Lipinski definition) is 2. The van der Waals surface area contributed by atoms with Crippen LogP contribution in [0.3, 0.4) is 0 Å². The molecule has 0 aliphatic carbocycles. The summed E-state index contributed by atoms with van der Waals surface area (Å²) in [4.78, 5) is 3.96. The summed E-state index contributed by atoms with van der Waals surface area (Å²) in [7, 11) is 0. The Labute approximate surface area is 142 Å². The van der Waals surface area contributed by atoms with Gasteiger partial charge in [-0.2, -0.15) is 5.10 Å². The number of pyridine rings is 1. The molecule has 0 bridgehead atoms. The summed E-state index contributed by atoms with van der Waals surface area (Å²) in [5.74, 6) is -1.21. The fourth-order valence-corrected chi connectivity index (χ4v) is 2.13. The van der Waals surface area contributed by atoms with E-state index in [1.165, 1.54) is 16.8 Å². The summed E-state index contributed by atoms with van der Waals surface area (Å²) in [5, 5.41) is 12.0. The Bertz CT molecular complexity index is 850. The Morgan fingerprint density at radius 2 is 1.91 bits per heavy atom. The number of amidine groups is 1. The lowest BCUT2D eigenvalue weighted by atomic mass is 10.2. The number of benzene rings is 1. The highest BCUT2D eigenvalue weighted by molar-refractivity contribution is 6.04. The third-order valence-electron chi connectivity index (χ3n) is 3.09. The molecule has 0 amide bonds. The van der Waals surface area contributed by atoms with Gasteiger partial charge < -0.3 is 5.73 Å². The largest absolute Gasteiger partial charge is 0.382 e. The molecule has 0 atom stereocenters. The molecular weight excluding hydrogens is 347 g/mol. The van der Waals surface area contributed by atoms with E-state index in [4.69, 9.17) is 11.1 Å². The van der Waals surface area contributed by atoms with E-state index in [0.29, 0.717) is 16.6 Å². The molecule has 0 saturated heterocycles. The van der Waals surface area contributed by atoms with Crippen molar-refractivity contribution in [1.29, 1.82) is 5.41 Å². The highest BCUT2D eigenvalue weighted by Crippen LogP contribution is 2.19. The molecule has 0 fully saturated rings. The Kier molecular flexibility index (Phi) is 6.00. The van der Waals surface area contributed by atoms with E-state index in [1.807, 2.05) is 0 Å². The van der Waals surface area contributed by atoms with Gasteiger partial charge in [-0.25, -0.2) is 18.4 Å². The summed E-state index contributed by atoms with van der Waals surface area (Å²) in [5.41, 5.74) is 6.35. The number of rotatable bonds is 3. The van der Waals surface area contributed by atoms with Crippen LogP contribution in [0.2, 0.25) is 0 Å². The number of nitrogens with two attached hydrogens (primary N) is 1. The molecule has 3 aromatic rings. The molecule has 9 heteroatoms. The van der Waals surface area contributed by atoms with Gasteiger partial charge in [0.1, 0.15) is 23.2 Å². The molecule has 0 spiro atoms. The lowest BCUT2D eigenvalue weighted by Gasteiger charge is -2.04. The summed E-state index contributed by atoms with van der Waals surface area (Å²) in [6, 6.07) is 7.49. The van der Waals surface area contributed by atoms with Crippen LogP contribution >= 0.6 is 24.8 Å². The van der Waals surface area contributed by atoms with Crippen LogP contribution in [0.1, 0.15) is 11.3 Å². The topological polar surface area (TPSA) is 80.6 Å². The van der Waals surface area contributed by atoms with Gasteiger partial charge in [-0.1, -0.05) is 18.2 Å². The van der Waals surface area contributed by atoms with Crippen LogP contribution in [-0.4, -0.2) is 20.6 Å². The van der Waals surface area contributed by atoms with E-state index in [-0.39, 0.29) is 48.7 Å². The third kappa shape index (κ3) is 3.57. The van der Waals surface area contributed by atoms with Crippen molar-refractivity contribution in [1.82, 2.24) is 14.8 Å². The summed E-state index contributed by atoms with van der Waals surface area (Å²) in [6.07, 6.45) is 1.05. The van der Waals surface area contributed by atoms with E-state index in [0.717, 1.165) is 6.20 Å². The average Bonchev–Trinajstić information content (AvgIpc) is 2.79. The third-order valence-corrected chi connectivity index (χ3v) is 3.09. The monoisotopic (exact) mass is 359 g/mol. The minimum atomic E-state index is -0.546. The SMILES string of the molecule is Cl.Cl.N=C(N)c1nn(Cc2ccccc2F)c2ncc(F)cc12. The summed E-state index contributed by atoms with van der Waals surface area (Å²) < 4.78 is 28.4. The first-order valence-electron chi connectivity index (χ1n) is 6.16. The van der Waals surface area contributed by atoms with Gasteiger partial charge in [-0.05, 0) is 12.1 Å². The van der Waals surface area contributed by atoms with E-state index in [1.54, 1.807) is 18.2 Å². The van der Waals surface area contributed by atoms with Crippen molar-refractivity contribution in [3.63, 3.8) is 0 Å². The maximum Gasteiger partial charge on any atom is 0.159 e. The molecule has 122 valence electrons. The van der Waals surface area contributed by atoms with Crippen LogP contribution < -0.4 is 5.73 Å². The Morgan fingerprint density at radius 3 is 2.57 bits per heavy atom. The molecule has 0 aliphatic rings. The zero-order chi connectivity index (χ0) is 15.0. The van der Waals surface area contributed by atoms with E-state index in [2.05, 4.69) is 10.1 Å². The second-order valence-electron chi connectivity index (χ2n) is 4.54. The van der Waals surface area contributed by atoms with Crippen molar-refractivity contribution in [2.75, 3.05) is 0 Å². The molecule has 2 aromatic heterocycles. The molecule has 0 radical (unpaired) electrons. The Balaban J connectivity index is 0.00000132. The quantitative estimate of drug-likeness (QED) is 0.557. The first-order chi connectivity index (χ1) is 10.1. The Morgan fingerprint density at radius 1 is 1.22 bits per heavy atom. The first kappa shape index (κ1) is 18.8. The standard InChI is InChI=1S/C14H11F2N5.2ClH/c15-9-5-10-12(13(17)18)20-21(14(10)19-6-9)7-8-3-1-2-4-11(8)16;;/h1-6H,7H2,(H3,17,18);2*1H. The van der Waals surface area contributed by atoms with Crippen LogP contribution in [0.15, 0.2) is 36.5 Å². The van der Waals surface area contributed by atoms with Crippen molar-refractivity contribution >= 4 is 41.7 Å². The van der Waals surface area contributed by atoms with Gasteiger partial charge in [0.2, 0.25) is 0 Å². The second kappa shape index (κ2) is 7.34. The second-order valence-corrected chi connectivity index (χ2v) is 4.54. The molecule has 2 heterocycles. The number of halogens is 4. The zero-order valence-electron chi connectivity index (χ0n) is 11.7. The molecular formula is C14H13Cl2F2N5. The maximum absolute atomic E-state index is 13.7. The molecule has 23 heavy (non-hydrogen) atoms. The van der Waals surface area contributed by atoms with Crippen molar-refractivity contribution in [2.24, 2.45) is 5.73 Å². The van der Waals surface area contributed by atoms with Crippen LogP contribution in [0.25, 0.3) is 11.0 Å². The van der Waals surface area contributed by atoms with Crippen molar-refractivity contribution in [2.45, 2.75) is 6.54 Å². The Hall–Kier alpha value is -2.25. The van der Waals surface area contributed by atoms with Crippen LogP contribution in [0.4, 0.5) is 8.78 Å². The molecule has 3 rings (SSSR count). The van der Waals surface area contributed by atoms with Gasteiger partial charge >= 0.3 is 0 Å². The summed E-state index contributed by atoms with van der Waals surface area (Å²) in [6.45, 7) is 0.120. The number of nitrogens with one attached hydrogen (secondary N) is 1. The zero-order valence-corrected chi connectivity index (χ0v) is 13.3. The average molecular weight is 360 g/mol. The van der Waals surface area contributed by atoms with Gasteiger partial charge in [0.25, 0.3) is 0 Å². The normalized spacial score (nSPS) is 10.0.